The van der Waals surface area contributed by atoms with Crippen molar-refractivity contribution in [3.8, 4) is 0 Å². The van der Waals surface area contributed by atoms with Gasteiger partial charge in [0.2, 0.25) is 0 Å². The Balaban J connectivity index is 3.79. The molecule has 0 atom stereocenters. The second kappa shape index (κ2) is 5.49. The van der Waals surface area contributed by atoms with Gasteiger partial charge in [0.15, 0.2) is 6.73 Å². The van der Waals surface area contributed by atoms with Gasteiger partial charge in [-0.2, -0.15) is 0 Å². The third-order valence-corrected chi connectivity index (χ3v) is 1.72. The summed E-state index contributed by atoms with van der Waals surface area (Å²) in [5.74, 6) is 0. The molecule has 0 rings (SSSR count). The third-order valence-electron chi connectivity index (χ3n) is 1.72. The molecule has 68 valence electrons. The fraction of sp³-hybridized carbons (Fsp3) is 1.00. The molecule has 0 amide bonds. The Morgan fingerprint density at radius 1 is 1.18 bits per heavy atom. The molecular formula is C7H18NO3+. The second-order valence-electron chi connectivity index (χ2n) is 2.93. The van der Waals surface area contributed by atoms with E-state index in [1.807, 2.05) is 7.05 Å². The monoisotopic (exact) mass is 164 g/mol. The molecule has 0 aliphatic heterocycles. The van der Waals surface area contributed by atoms with Crippen molar-refractivity contribution in [1.29, 1.82) is 0 Å². The number of rotatable bonds is 6. The van der Waals surface area contributed by atoms with E-state index < -0.39 is 0 Å². The number of aliphatic hydroxyl groups is 2. The lowest BCUT2D eigenvalue weighted by atomic mass is 10.4. The fourth-order valence-corrected chi connectivity index (χ4v) is 1.04. The maximum Gasteiger partial charge on any atom is 0.182 e. The van der Waals surface area contributed by atoms with E-state index in [0.717, 1.165) is 0 Å². The van der Waals surface area contributed by atoms with Crippen molar-refractivity contribution in [3.63, 3.8) is 0 Å². The molecule has 0 saturated carbocycles. The van der Waals surface area contributed by atoms with E-state index in [1.165, 1.54) is 0 Å². The maximum absolute atomic E-state index is 8.70. The van der Waals surface area contributed by atoms with Crippen molar-refractivity contribution in [1.82, 2.24) is 0 Å². The van der Waals surface area contributed by atoms with Gasteiger partial charge in [0.25, 0.3) is 0 Å². The van der Waals surface area contributed by atoms with Crippen LogP contribution in [0.4, 0.5) is 0 Å². The van der Waals surface area contributed by atoms with Gasteiger partial charge in [0.1, 0.15) is 13.1 Å². The van der Waals surface area contributed by atoms with Crippen LogP contribution in [0.1, 0.15) is 0 Å². The van der Waals surface area contributed by atoms with Gasteiger partial charge >= 0.3 is 0 Å². The predicted octanol–water partition coefficient (Wildman–Crippen LogP) is -0.978. The van der Waals surface area contributed by atoms with Gasteiger partial charge in [0.05, 0.1) is 20.3 Å². The van der Waals surface area contributed by atoms with Crippen LogP contribution in [0.15, 0.2) is 0 Å². The molecule has 0 aromatic rings. The molecular weight excluding hydrogens is 146 g/mol. The van der Waals surface area contributed by atoms with E-state index in [9.17, 15) is 0 Å². The Hall–Kier alpha value is -0.160. The zero-order valence-electron chi connectivity index (χ0n) is 7.29. The van der Waals surface area contributed by atoms with Crippen molar-refractivity contribution in [2.24, 2.45) is 0 Å². The Morgan fingerprint density at radius 2 is 1.64 bits per heavy atom. The van der Waals surface area contributed by atoms with Gasteiger partial charge in [0, 0.05) is 7.11 Å². The molecule has 0 aliphatic rings. The van der Waals surface area contributed by atoms with Crippen molar-refractivity contribution < 1.29 is 19.4 Å². The summed E-state index contributed by atoms with van der Waals surface area (Å²) in [4.78, 5) is 0. The summed E-state index contributed by atoms with van der Waals surface area (Å²) in [5.41, 5.74) is 0. The molecule has 11 heavy (non-hydrogen) atoms. The molecule has 0 radical (unpaired) electrons. The molecule has 0 saturated heterocycles. The van der Waals surface area contributed by atoms with E-state index in [4.69, 9.17) is 14.9 Å². The molecule has 0 heterocycles. The van der Waals surface area contributed by atoms with Crippen molar-refractivity contribution >= 4 is 0 Å². The van der Waals surface area contributed by atoms with Crippen LogP contribution in [0.5, 0.6) is 0 Å². The zero-order valence-corrected chi connectivity index (χ0v) is 7.29. The number of quaternary nitrogens is 1. The lowest BCUT2D eigenvalue weighted by Crippen LogP contribution is -2.49. The van der Waals surface area contributed by atoms with E-state index in [2.05, 4.69) is 0 Å². The molecule has 0 aromatic carbocycles. The molecule has 0 bridgehead atoms. The zero-order chi connectivity index (χ0) is 8.74. The molecule has 0 aromatic heterocycles. The normalized spacial score (nSPS) is 12.0. The first-order valence-electron chi connectivity index (χ1n) is 3.73. The second-order valence-corrected chi connectivity index (χ2v) is 2.93. The van der Waals surface area contributed by atoms with Crippen LogP contribution in [0, 0.1) is 0 Å². The van der Waals surface area contributed by atoms with E-state index in [-0.39, 0.29) is 13.2 Å². The smallest absolute Gasteiger partial charge is 0.182 e. The standard InChI is InChI=1S/C7H18NO3/c1-8(3-5-9,4-6-10)7-11-2/h9-10H,3-7H2,1-2H3/q+1. The highest BCUT2D eigenvalue weighted by atomic mass is 16.5. The first-order valence-corrected chi connectivity index (χ1v) is 3.73. The Labute approximate surface area is 67.6 Å². The van der Waals surface area contributed by atoms with Gasteiger partial charge in [-0.25, -0.2) is 0 Å². The molecule has 0 fully saturated rings. The third kappa shape index (κ3) is 4.31. The van der Waals surface area contributed by atoms with Crippen LogP contribution in [0.3, 0.4) is 0 Å². The number of methoxy groups -OCH3 is 1. The van der Waals surface area contributed by atoms with Gasteiger partial charge in [-0.15, -0.1) is 0 Å². The number of nitrogens with zero attached hydrogens (tertiary/aromatic N) is 1. The average Bonchev–Trinajstić information content (AvgIpc) is 1.88. The number of hydrogen-bond donors (Lipinski definition) is 2. The Bertz CT molecular complexity index is 80.7. The van der Waals surface area contributed by atoms with Crippen LogP contribution in [0.2, 0.25) is 0 Å². The summed E-state index contributed by atoms with van der Waals surface area (Å²) in [6, 6.07) is 0. The number of aliphatic hydroxyl groups excluding tert-OH is 2. The van der Waals surface area contributed by atoms with Gasteiger partial charge < -0.3 is 14.9 Å². The lowest BCUT2D eigenvalue weighted by Gasteiger charge is -2.31. The minimum Gasteiger partial charge on any atom is -0.391 e. The highest BCUT2D eigenvalue weighted by Crippen LogP contribution is 1.99. The van der Waals surface area contributed by atoms with Crippen LogP contribution < -0.4 is 0 Å². The highest BCUT2D eigenvalue weighted by Gasteiger charge is 2.19. The quantitative estimate of drug-likeness (QED) is 0.392. The lowest BCUT2D eigenvalue weighted by molar-refractivity contribution is -0.927. The summed E-state index contributed by atoms with van der Waals surface area (Å²) in [7, 11) is 3.56. The molecule has 2 N–H and O–H groups in total. The van der Waals surface area contributed by atoms with Crippen LogP contribution in [-0.4, -0.2) is 61.9 Å². The Morgan fingerprint density at radius 3 is 1.91 bits per heavy atom. The Kier molecular flexibility index (Phi) is 5.41. The van der Waals surface area contributed by atoms with Gasteiger partial charge in [-0.3, -0.25) is 4.48 Å². The first kappa shape index (κ1) is 10.8. The number of ether oxygens (including phenoxy) is 1. The summed E-state index contributed by atoms with van der Waals surface area (Å²) < 4.78 is 5.52. The minimum absolute atomic E-state index is 0.125. The molecule has 0 spiro atoms. The van der Waals surface area contributed by atoms with Crippen LogP contribution >= 0.6 is 0 Å². The SMILES string of the molecule is COC[N+](C)(CCO)CCO. The highest BCUT2D eigenvalue weighted by molar-refractivity contribution is 4.32. The van der Waals surface area contributed by atoms with E-state index in [0.29, 0.717) is 24.3 Å². The number of hydrogen-bond acceptors (Lipinski definition) is 3. The topological polar surface area (TPSA) is 49.7 Å². The molecule has 0 unspecified atom stereocenters. The molecule has 4 heteroatoms. The minimum atomic E-state index is 0.125. The van der Waals surface area contributed by atoms with Crippen LogP contribution in [-0.2, 0) is 4.74 Å². The van der Waals surface area contributed by atoms with E-state index in [1.54, 1.807) is 7.11 Å². The van der Waals surface area contributed by atoms with Crippen molar-refractivity contribution in [2.45, 2.75) is 0 Å². The van der Waals surface area contributed by atoms with Crippen LogP contribution in [0.25, 0.3) is 0 Å². The van der Waals surface area contributed by atoms with Crippen molar-refractivity contribution in [3.05, 3.63) is 0 Å². The van der Waals surface area contributed by atoms with Gasteiger partial charge in [-0.1, -0.05) is 0 Å². The fourth-order valence-electron chi connectivity index (χ4n) is 1.04. The average molecular weight is 164 g/mol. The van der Waals surface area contributed by atoms with E-state index >= 15 is 0 Å². The summed E-state index contributed by atoms with van der Waals surface area (Å²) >= 11 is 0. The summed E-state index contributed by atoms with van der Waals surface area (Å²) in [5, 5.41) is 17.4. The maximum atomic E-state index is 8.70. The van der Waals surface area contributed by atoms with Gasteiger partial charge in [-0.05, 0) is 0 Å². The molecule has 4 nitrogen and oxygen atoms in total. The first-order chi connectivity index (χ1) is 5.18. The number of likely N-dealkylation sites (N-methyl/N-ethyl adjacent to an activating group) is 1. The predicted molar refractivity (Wildman–Crippen MR) is 42.0 cm³/mol. The largest absolute Gasteiger partial charge is 0.391 e. The molecule has 0 aliphatic carbocycles. The van der Waals surface area contributed by atoms with Crippen molar-refractivity contribution in [2.75, 3.05) is 47.2 Å². The summed E-state index contributed by atoms with van der Waals surface area (Å²) in [6.07, 6.45) is 0. The summed E-state index contributed by atoms with van der Waals surface area (Å²) in [6.45, 7) is 2.02.